The average Bonchev–Trinajstić information content (AvgIpc) is 2.65. The Kier molecular flexibility index (Phi) is 4.46. The van der Waals surface area contributed by atoms with Crippen molar-refractivity contribution in [3.8, 4) is 0 Å². The van der Waals surface area contributed by atoms with Gasteiger partial charge in [-0.15, -0.1) is 0 Å². The quantitative estimate of drug-likeness (QED) is 0.586. The molecule has 0 atom stereocenters. The molecule has 0 aliphatic carbocycles. The largest absolute Gasteiger partial charge is 0.358 e. The van der Waals surface area contributed by atoms with Gasteiger partial charge in [-0.05, 0) is 7.05 Å². The smallest absolute Gasteiger partial charge is 0.241 e. The molecule has 0 saturated heterocycles. The zero-order chi connectivity index (χ0) is 12.0. The molecule has 0 radical (unpaired) electrons. The summed E-state index contributed by atoms with van der Waals surface area (Å²) in [5.41, 5.74) is 0.573. The minimum absolute atomic E-state index is 0.137. The second-order valence-corrected chi connectivity index (χ2v) is 3.18. The van der Waals surface area contributed by atoms with Gasteiger partial charge >= 0.3 is 0 Å². The molecule has 0 aromatic carbocycles. The molecule has 16 heavy (non-hydrogen) atoms. The second-order valence-electron chi connectivity index (χ2n) is 3.18. The first-order chi connectivity index (χ1) is 7.65. The van der Waals surface area contributed by atoms with Crippen LogP contribution in [0.2, 0.25) is 0 Å². The number of aromatic nitrogens is 2. The third-order valence-corrected chi connectivity index (χ3v) is 1.84. The predicted octanol–water partition coefficient (Wildman–Crippen LogP) is -1.21. The van der Waals surface area contributed by atoms with Gasteiger partial charge in [0.05, 0.1) is 18.4 Å². The Hall–Kier alpha value is -1.89. The van der Waals surface area contributed by atoms with Gasteiger partial charge < -0.3 is 16.0 Å². The van der Waals surface area contributed by atoms with E-state index in [0.29, 0.717) is 5.69 Å². The van der Waals surface area contributed by atoms with E-state index in [0.717, 1.165) is 0 Å². The van der Waals surface area contributed by atoms with Crippen LogP contribution < -0.4 is 16.0 Å². The summed E-state index contributed by atoms with van der Waals surface area (Å²) in [7, 11) is 3.25. The number of nitrogens with one attached hydrogen (secondary N) is 3. The van der Waals surface area contributed by atoms with E-state index in [4.69, 9.17) is 0 Å². The first-order valence-corrected chi connectivity index (χ1v) is 4.83. The fourth-order valence-electron chi connectivity index (χ4n) is 1.11. The number of carbonyl (C=O) groups excluding carboxylic acids is 2. The number of carbonyl (C=O) groups is 2. The van der Waals surface area contributed by atoms with Crippen LogP contribution in [0.1, 0.15) is 0 Å². The second kappa shape index (κ2) is 5.86. The van der Waals surface area contributed by atoms with Crippen molar-refractivity contribution in [1.82, 2.24) is 20.4 Å². The summed E-state index contributed by atoms with van der Waals surface area (Å²) in [5.74, 6) is -0.293. The van der Waals surface area contributed by atoms with Crippen LogP contribution in [0.25, 0.3) is 0 Å². The number of hydrogen-bond acceptors (Lipinski definition) is 4. The van der Waals surface area contributed by atoms with Crippen molar-refractivity contribution in [1.29, 1.82) is 0 Å². The van der Waals surface area contributed by atoms with Gasteiger partial charge in [-0.25, -0.2) is 0 Å². The van der Waals surface area contributed by atoms with Gasteiger partial charge in [0, 0.05) is 13.2 Å². The molecule has 1 heterocycles. The van der Waals surface area contributed by atoms with Crippen molar-refractivity contribution >= 4 is 17.5 Å². The van der Waals surface area contributed by atoms with Crippen LogP contribution in [-0.4, -0.2) is 42.2 Å². The molecule has 3 N–H and O–H groups in total. The highest BCUT2D eigenvalue weighted by atomic mass is 16.2. The Morgan fingerprint density at radius 2 is 2.12 bits per heavy atom. The zero-order valence-electron chi connectivity index (χ0n) is 9.28. The highest BCUT2D eigenvalue weighted by Gasteiger charge is 2.05. The highest BCUT2D eigenvalue weighted by Crippen LogP contribution is 2.03. The number of hydrogen-bond donors (Lipinski definition) is 3. The Bertz CT molecular complexity index is 374. The molecule has 1 rings (SSSR count). The predicted molar refractivity (Wildman–Crippen MR) is 58.9 cm³/mol. The van der Waals surface area contributed by atoms with Crippen LogP contribution in [0.4, 0.5) is 5.69 Å². The van der Waals surface area contributed by atoms with Gasteiger partial charge in [-0.1, -0.05) is 0 Å². The standard InChI is InChI=1S/C9H15N5O2/c1-10-4-8(15)13-7-3-12-14(5-7)6-9(16)11-2/h3,5,10H,4,6H2,1-2H3,(H,11,16)(H,13,15). The summed E-state index contributed by atoms with van der Waals surface area (Å²) in [6.45, 7) is 0.374. The van der Waals surface area contributed by atoms with E-state index in [9.17, 15) is 9.59 Å². The Morgan fingerprint density at radius 1 is 1.38 bits per heavy atom. The molecule has 0 aliphatic heterocycles. The molecule has 2 amide bonds. The molecular weight excluding hydrogens is 210 g/mol. The van der Waals surface area contributed by atoms with Crippen molar-refractivity contribution in [3.63, 3.8) is 0 Å². The topological polar surface area (TPSA) is 88.1 Å². The lowest BCUT2D eigenvalue weighted by Gasteiger charge is -2.01. The van der Waals surface area contributed by atoms with E-state index in [1.807, 2.05) is 0 Å². The minimum Gasteiger partial charge on any atom is -0.358 e. The molecule has 0 unspecified atom stereocenters. The van der Waals surface area contributed by atoms with Crippen molar-refractivity contribution < 1.29 is 9.59 Å². The van der Waals surface area contributed by atoms with E-state index < -0.39 is 0 Å². The SMILES string of the molecule is CNCC(=O)Nc1cnn(CC(=O)NC)c1. The monoisotopic (exact) mass is 225 g/mol. The molecule has 7 nitrogen and oxygen atoms in total. The number of likely N-dealkylation sites (N-methyl/N-ethyl adjacent to an activating group) is 2. The first-order valence-electron chi connectivity index (χ1n) is 4.83. The lowest BCUT2D eigenvalue weighted by atomic mass is 10.5. The maximum Gasteiger partial charge on any atom is 0.241 e. The molecule has 0 fully saturated rings. The van der Waals surface area contributed by atoms with Crippen molar-refractivity contribution in [2.45, 2.75) is 6.54 Å². The van der Waals surface area contributed by atoms with Gasteiger partial charge in [0.25, 0.3) is 0 Å². The van der Waals surface area contributed by atoms with Crippen molar-refractivity contribution in [3.05, 3.63) is 12.4 Å². The van der Waals surface area contributed by atoms with Gasteiger partial charge in [-0.2, -0.15) is 5.10 Å². The van der Waals surface area contributed by atoms with Crippen LogP contribution in [0.3, 0.4) is 0 Å². The third kappa shape index (κ3) is 3.70. The first kappa shape index (κ1) is 12.2. The maximum atomic E-state index is 11.2. The van der Waals surface area contributed by atoms with E-state index in [1.165, 1.54) is 10.9 Å². The summed E-state index contributed by atoms with van der Waals surface area (Å²) < 4.78 is 1.45. The average molecular weight is 225 g/mol. The van der Waals surface area contributed by atoms with E-state index in [1.54, 1.807) is 20.3 Å². The van der Waals surface area contributed by atoms with E-state index >= 15 is 0 Å². The van der Waals surface area contributed by atoms with Gasteiger partial charge in [0.1, 0.15) is 6.54 Å². The normalized spacial score (nSPS) is 9.88. The Labute approximate surface area is 93.2 Å². The van der Waals surface area contributed by atoms with Crippen molar-refractivity contribution in [2.24, 2.45) is 0 Å². The molecule has 7 heteroatoms. The van der Waals surface area contributed by atoms with Crippen molar-refractivity contribution in [2.75, 3.05) is 26.0 Å². The van der Waals surface area contributed by atoms with Gasteiger partial charge in [0.15, 0.2) is 0 Å². The van der Waals surface area contributed by atoms with E-state index in [2.05, 4.69) is 21.0 Å². The summed E-state index contributed by atoms with van der Waals surface area (Å²) >= 11 is 0. The third-order valence-electron chi connectivity index (χ3n) is 1.84. The lowest BCUT2D eigenvalue weighted by Crippen LogP contribution is -2.25. The number of anilines is 1. The summed E-state index contributed by atoms with van der Waals surface area (Å²) in [6.07, 6.45) is 3.10. The number of rotatable bonds is 5. The van der Waals surface area contributed by atoms with Crippen LogP contribution >= 0.6 is 0 Å². The Balaban J connectivity index is 2.51. The maximum absolute atomic E-state index is 11.2. The highest BCUT2D eigenvalue weighted by molar-refractivity contribution is 5.91. The Morgan fingerprint density at radius 3 is 2.75 bits per heavy atom. The van der Waals surface area contributed by atoms with Crippen LogP contribution in [-0.2, 0) is 16.1 Å². The molecule has 0 bridgehead atoms. The van der Waals surface area contributed by atoms with Crippen LogP contribution in [0, 0.1) is 0 Å². The lowest BCUT2D eigenvalue weighted by molar-refractivity contribution is -0.121. The molecule has 1 aromatic heterocycles. The minimum atomic E-state index is -0.151. The summed E-state index contributed by atoms with van der Waals surface area (Å²) in [5, 5.41) is 11.8. The fourth-order valence-corrected chi connectivity index (χ4v) is 1.11. The van der Waals surface area contributed by atoms with Gasteiger partial charge in [0.2, 0.25) is 11.8 Å². The summed E-state index contributed by atoms with van der Waals surface area (Å²) in [6, 6.07) is 0. The molecular formula is C9H15N5O2. The molecule has 0 spiro atoms. The zero-order valence-corrected chi connectivity index (χ0v) is 9.28. The fraction of sp³-hybridized carbons (Fsp3) is 0.444. The van der Waals surface area contributed by atoms with Crippen LogP contribution in [0.5, 0.6) is 0 Å². The number of amides is 2. The molecule has 0 aliphatic rings. The van der Waals surface area contributed by atoms with Gasteiger partial charge in [-0.3, -0.25) is 14.3 Å². The number of nitrogens with zero attached hydrogens (tertiary/aromatic N) is 2. The summed E-state index contributed by atoms with van der Waals surface area (Å²) in [4.78, 5) is 22.3. The van der Waals surface area contributed by atoms with E-state index in [-0.39, 0.29) is 24.9 Å². The molecule has 88 valence electrons. The molecule has 1 aromatic rings. The van der Waals surface area contributed by atoms with Crippen LogP contribution in [0.15, 0.2) is 12.4 Å². The molecule has 0 saturated carbocycles.